The Labute approximate surface area is 157 Å². The summed E-state index contributed by atoms with van der Waals surface area (Å²) >= 11 is 6.36. The third-order valence-electron chi connectivity index (χ3n) is 5.14. The molecule has 2 unspecified atom stereocenters. The van der Waals surface area contributed by atoms with E-state index in [0.29, 0.717) is 16.3 Å². The standard InChI is InChI=1S/C19H31ClO4Si/c1-19(2,3)25(4,5)23-13-17(21)15-10-9-14(12-16(15)20)24-18-8-6-7-11-22-18/h9-10,12,17-18,21H,6-8,11,13H2,1-5H3. The number of ether oxygens (including phenoxy) is 2. The number of halogens is 1. The molecule has 2 atom stereocenters. The molecule has 1 N–H and O–H groups in total. The second-order valence-corrected chi connectivity index (χ2v) is 13.4. The summed E-state index contributed by atoms with van der Waals surface area (Å²) in [6, 6.07) is 5.37. The van der Waals surface area contributed by atoms with E-state index in [-0.39, 0.29) is 17.9 Å². The van der Waals surface area contributed by atoms with Gasteiger partial charge in [0.1, 0.15) is 11.9 Å². The molecule has 2 rings (SSSR count). The highest BCUT2D eigenvalue weighted by Gasteiger charge is 2.37. The van der Waals surface area contributed by atoms with E-state index >= 15 is 0 Å². The van der Waals surface area contributed by atoms with Gasteiger partial charge in [-0.2, -0.15) is 0 Å². The van der Waals surface area contributed by atoms with Gasteiger partial charge in [-0.3, -0.25) is 0 Å². The van der Waals surface area contributed by atoms with Gasteiger partial charge in [-0.1, -0.05) is 38.4 Å². The molecule has 0 radical (unpaired) electrons. The maximum absolute atomic E-state index is 10.5. The minimum atomic E-state index is -1.90. The van der Waals surface area contributed by atoms with E-state index in [0.717, 1.165) is 25.9 Å². The third kappa shape index (κ3) is 5.69. The average Bonchev–Trinajstić information content (AvgIpc) is 2.53. The lowest BCUT2D eigenvalue weighted by Gasteiger charge is -2.36. The maximum atomic E-state index is 10.5. The van der Waals surface area contributed by atoms with E-state index in [1.807, 2.05) is 6.07 Å². The summed E-state index contributed by atoms with van der Waals surface area (Å²) in [6.45, 7) is 11.9. The zero-order valence-corrected chi connectivity index (χ0v) is 17.7. The first-order valence-corrected chi connectivity index (χ1v) is 12.3. The SMILES string of the molecule is CC(C)(C)[Si](C)(C)OCC(O)c1ccc(OC2CCCCO2)cc1Cl. The third-order valence-corrected chi connectivity index (χ3v) is 9.97. The van der Waals surface area contributed by atoms with Gasteiger partial charge in [0, 0.05) is 12.0 Å². The average molecular weight is 387 g/mol. The summed E-state index contributed by atoms with van der Waals surface area (Å²) in [5.74, 6) is 0.665. The lowest BCUT2D eigenvalue weighted by Crippen LogP contribution is -2.41. The van der Waals surface area contributed by atoms with Crippen LogP contribution in [0.1, 0.15) is 51.7 Å². The topological polar surface area (TPSA) is 47.9 Å². The molecule has 1 aromatic carbocycles. The first kappa shape index (κ1) is 20.7. The highest BCUT2D eigenvalue weighted by atomic mass is 35.5. The van der Waals surface area contributed by atoms with Crippen LogP contribution in [0.25, 0.3) is 0 Å². The van der Waals surface area contributed by atoms with E-state index in [9.17, 15) is 5.11 Å². The number of benzene rings is 1. The Hall–Kier alpha value is -0.593. The smallest absolute Gasteiger partial charge is 0.199 e. The largest absolute Gasteiger partial charge is 0.465 e. The van der Waals surface area contributed by atoms with Crippen molar-refractivity contribution in [3.05, 3.63) is 28.8 Å². The first-order chi connectivity index (χ1) is 11.6. The van der Waals surface area contributed by atoms with Crippen molar-refractivity contribution in [3.8, 4) is 5.75 Å². The minimum absolute atomic E-state index is 0.105. The molecule has 1 heterocycles. The van der Waals surface area contributed by atoms with Gasteiger partial charge in [0.2, 0.25) is 0 Å². The van der Waals surface area contributed by atoms with Crippen LogP contribution >= 0.6 is 11.6 Å². The Kier molecular flexibility index (Phi) is 6.96. The molecular formula is C19H31ClO4Si. The number of aliphatic hydroxyl groups excluding tert-OH is 1. The number of hydrogen-bond donors (Lipinski definition) is 1. The van der Waals surface area contributed by atoms with E-state index in [1.54, 1.807) is 12.1 Å². The first-order valence-electron chi connectivity index (χ1n) is 9.00. The Balaban J connectivity index is 1.97. The summed E-state index contributed by atoms with van der Waals surface area (Å²) in [5, 5.41) is 11.1. The lowest BCUT2D eigenvalue weighted by molar-refractivity contribution is -0.105. The minimum Gasteiger partial charge on any atom is -0.465 e. The van der Waals surface area contributed by atoms with Crippen molar-refractivity contribution in [1.29, 1.82) is 0 Å². The highest BCUT2D eigenvalue weighted by Crippen LogP contribution is 2.37. The highest BCUT2D eigenvalue weighted by molar-refractivity contribution is 6.74. The van der Waals surface area contributed by atoms with Gasteiger partial charge < -0.3 is 19.0 Å². The predicted molar refractivity (Wildman–Crippen MR) is 104 cm³/mol. The molecule has 1 saturated heterocycles. The Morgan fingerprint density at radius 2 is 2.04 bits per heavy atom. The summed E-state index contributed by atoms with van der Waals surface area (Å²) in [6.07, 6.45) is 2.13. The molecule has 4 nitrogen and oxygen atoms in total. The van der Waals surface area contributed by atoms with Crippen LogP contribution in [0, 0.1) is 0 Å². The Morgan fingerprint density at radius 1 is 1.32 bits per heavy atom. The van der Waals surface area contributed by atoms with Crippen LogP contribution in [-0.2, 0) is 9.16 Å². The van der Waals surface area contributed by atoms with Crippen molar-refractivity contribution in [2.75, 3.05) is 13.2 Å². The molecule has 1 fully saturated rings. The van der Waals surface area contributed by atoms with Crippen molar-refractivity contribution in [2.45, 2.75) is 70.6 Å². The van der Waals surface area contributed by atoms with Crippen LogP contribution < -0.4 is 4.74 Å². The van der Waals surface area contributed by atoms with Crippen molar-refractivity contribution in [1.82, 2.24) is 0 Å². The molecule has 142 valence electrons. The monoisotopic (exact) mass is 386 g/mol. The summed E-state index contributed by atoms with van der Waals surface area (Å²) in [4.78, 5) is 0. The van der Waals surface area contributed by atoms with Crippen LogP contribution in [-0.4, -0.2) is 32.9 Å². The van der Waals surface area contributed by atoms with Gasteiger partial charge in [-0.05, 0) is 43.1 Å². The van der Waals surface area contributed by atoms with E-state index in [1.165, 1.54) is 0 Å². The molecule has 0 saturated carbocycles. The van der Waals surface area contributed by atoms with Gasteiger partial charge in [-0.25, -0.2) is 0 Å². The van der Waals surface area contributed by atoms with Gasteiger partial charge in [-0.15, -0.1) is 0 Å². The summed E-state index contributed by atoms with van der Waals surface area (Å²) in [5.41, 5.74) is 0.664. The van der Waals surface area contributed by atoms with Gasteiger partial charge in [0.25, 0.3) is 0 Å². The second kappa shape index (κ2) is 8.40. The molecule has 1 aliphatic rings. The fourth-order valence-electron chi connectivity index (χ4n) is 2.40. The number of aliphatic hydroxyl groups is 1. The number of rotatable bonds is 6. The summed E-state index contributed by atoms with van der Waals surface area (Å²) in [7, 11) is -1.90. The van der Waals surface area contributed by atoms with Gasteiger partial charge in [0.05, 0.1) is 18.2 Å². The van der Waals surface area contributed by atoms with Crippen LogP contribution in [0.15, 0.2) is 18.2 Å². The van der Waals surface area contributed by atoms with E-state index < -0.39 is 14.4 Å². The fourth-order valence-corrected chi connectivity index (χ4v) is 3.70. The molecule has 0 aliphatic carbocycles. The van der Waals surface area contributed by atoms with Gasteiger partial charge in [0.15, 0.2) is 14.6 Å². The molecule has 0 bridgehead atoms. The normalized spacial score (nSPS) is 20.4. The molecule has 6 heteroatoms. The van der Waals surface area contributed by atoms with Crippen LogP contribution in [0.2, 0.25) is 23.2 Å². The zero-order chi connectivity index (χ0) is 18.7. The molecule has 0 aromatic heterocycles. The molecule has 25 heavy (non-hydrogen) atoms. The van der Waals surface area contributed by atoms with Crippen molar-refractivity contribution < 1.29 is 19.0 Å². The van der Waals surface area contributed by atoms with Crippen molar-refractivity contribution in [2.24, 2.45) is 0 Å². The van der Waals surface area contributed by atoms with Gasteiger partial charge >= 0.3 is 0 Å². The van der Waals surface area contributed by atoms with Crippen LogP contribution in [0.4, 0.5) is 0 Å². The molecule has 1 aliphatic heterocycles. The fraction of sp³-hybridized carbons (Fsp3) is 0.684. The molecule has 0 amide bonds. The maximum Gasteiger partial charge on any atom is 0.199 e. The van der Waals surface area contributed by atoms with Crippen LogP contribution in [0.3, 0.4) is 0 Å². The van der Waals surface area contributed by atoms with E-state index in [4.69, 9.17) is 25.5 Å². The Morgan fingerprint density at radius 3 is 2.60 bits per heavy atom. The molecular weight excluding hydrogens is 356 g/mol. The summed E-state index contributed by atoms with van der Waals surface area (Å²) < 4.78 is 17.5. The van der Waals surface area contributed by atoms with E-state index in [2.05, 4.69) is 33.9 Å². The quantitative estimate of drug-likeness (QED) is 0.674. The zero-order valence-electron chi connectivity index (χ0n) is 16.0. The number of hydrogen-bond acceptors (Lipinski definition) is 4. The van der Waals surface area contributed by atoms with Crippen molar-refractivity contribution >= 4 is 19.9 Å². The van der Waals surface area contributed by atoms with Crippen LogP contribution in [0.5, 0.6) is 5.75 Å². The predicted octanol–water partition coefficient (Wildman–Crippen LogP) is 5.30. The molecule has 1 aromatic rings. The Bertz CT molecular complexity index is 565. The lowest BCUT2D eigenvalue weighted by atomic mass is 10.1. The molecule has 0 spiro atoms. The van der Waals surface area contributed by atoms with Crippen molar-refractivity contribution in [3.63, 3.8) is 0 Å². The second-order valence-electron chi connectivity index (χ2n) is 8.18.